The van der Waals surface area contributed by atoms with Gasteiger partial charge >= 0.3 is 0 Å². The van der Waals surface area contributed by atoms with Crippen molar-refractivity contribution in [1.29, 1.82) is 0 Å². The summed E-state index contributed by atoms with van der Waals surface area (Å²) in [5.74, 6) is 7.93. The van der Waals surface area contributed by atoms with Crippen LogP contribution in [0.2, 0.25) is 0 Å². The predicted octanol–water partition coefficient (Wildman–Crippen LogP) is 2.64. The van der Waals surface area contributed by atoms with Crippen molar-refractivity contribution in [3.8, 4) is 11.5 Å². The highest BCUT2D eigenvalue weighted by Crippen LogP contribution is 2.36. The standard InChI is InChI=1S/C14H24N2O2/c1-10(2)8-9-11(16-15)14-12(17-3)6-5-7-13(14)18-4/h5-7,10-11,16H,8-9,15H2,1-4H3. The van der Waals surface area contributed by atoms with E-state index >= 15 is 0 Å². The minimum atomic E-state index is 0.0403. The largest absolute Gasteiger partial charge is 0.496 e. The van der Waals surface area contributed by atoms with E-state index in [1.807, 2.05) is 18.2 Å². The molecule has 1 rings (SSSR count). The third-order valence-electron chi connectivity index (χ3n) is 3.05. The monoisotopic (exact) mass is 252 g/mol. The second kappa shape index (κ2) is 7.24. The molecule has 4 nitrogen and oxygen atoms in total. The molecular formula is C14H24N2O2. The third kappa shape index (κ3) is 3.62. The lowest BCUT2D eigenvalue weighted by Crippen LogP contribution is -2.29. The summed E-state index contributed by atoms with van der Waals surface area (Å²) < 4.78 is 10.8. The molecule has 1 aromatic rings. The number of methoxy groups -OCH3 is 2. The molecule has 0 saturated carbocycles. The molecule has 0 heterocycles. The molecule has 0 saturated heterocycles. The first-order valence-electron chi connectivity index (χ1n) is 6.31. The minimum absolute atomic E-state index is 0.0403. The average Bonchev–Trinajstić information content (AvgIpc) is 2.39. The van der Waals surface area contributed by atoms with Gasteiger partial charge in [-0.25, -0.2) is 0 Å². The van der Waals surface area contributed by atoms with Crippen LogP contribution in [0.25, 0.3) is 0 Å². The van der Waals surface area contributed by atoms with Crippen molar-refractivity contribution < 1.29 is 9.47 Å². The zero-order valence-electron chi connectivity index (χ0n) is 11.7. The van der Waals surface area contributed by atoms with E-state index in [0.29, 0.717) is 5.92 Å². The molecule has 0 aliphatic rings. The minimum Gasteiger partial charge on any atom is -0.496 e. The molecule has 0 aliphatic heterocycles. The van der Waals surface area contributed by atoms with Crippen LogP contribution in [0.15, 0.2) is 18.2 Å². The molecule has 3 N–H and O–H groups in total. The van der Waals surface area contributed by atoms with Gasteiger partial charge in [-0.05, 0) is 30.9 Å². The van der Waals surface area contributed by atoms with Crippen LogP contribution in [0.3, 0.4) is 0 Å². The van der Waals surface area contributed by atoms with Crippen molar-refractivity contribution in [2.24, 2.45) is 11.8 Å². The fourth-order valence-electron chi connectivity index (χ4n) is 2.03. The summed E-state index contributed by atoms with van der Waals surface area (Å²) in [6, 6.07) is 5.81. The molecule has 0 amide bonds. The van der Waals surface area contributed by atoms with E-state index in [9.17, 15) is 0 Å². The molecule has 0 fully saturated rings. The van der Waals surface area contributed by atoms with Gasteiger partial charge in [-0.3, -0.25) is 11.3 Å². The molecule has 0 spiro atoms. The molecule has 0 bridgehead atoms. The molecule has 18 heavy (non-hydrogen) atoms. The Morgan fingerprint density at radius 3 is 2.06 bits per heavy atom. The van der Waals surface area contributed by atoms with E-state index in [-0.39, 0.29) is 6.04 Å². The summed E-state index contributed by atoms with van der Waals surface area (Å²) in [6.07, 6.45) is 2.04. The van der Waals surface area contributed by atoms with E-state index in [1.54, 1.807) is 14.2 Å². The van der Waals surface area contributed by atoms with Gasteiger partial charge in [0.05, 0.1) is 25.8 Å². The smallest absolute Gasteiger partial charge is 0.127 e. The van der Waals surface area contributed by atoms with Crippen molar-refractivity contribution in [2.45, 2.75) is 32.7 Å². The lowest BCUT2D eigenvalue weighted by atomic mass is 9.96. The molecule has 0 radical (unpaired) electrons. The van der Waals surface area contributed by atoms with Crippen LogP contribution in [0.4, 0.5) is 0 Å². The maximum absolute atomic E-state index is 5.68. The fraction of sp³-hybridized carbons (Fsp3) is 0.571. The molecule has 102 valence electrons. The zero-order chi connectivity index (χ0) is 13.5. The number of nitrogens with two attached hydrogens (primary N) is 1. The van der Waals surface area contributed by atoms with Crippen molar-refractivity contribution in [3.05, 3.63) is 23.8 Å². The second-order valence-electron chi connectivity index (χ2n) is 4.77. The summed E-state index contributed by atoms with van der Waals surface area (Å²) in [4.78, 5) is 0. The summed E-state index contributed by atoms with van der Waals surface area (Å²) in [5, 5.41) is 0. The maximum Gasteiger partial charge on any atom is 0.127 e. The Morgan fingerprint density at radius 1 is 1.11 bits per heavy atom. The van der Waals surface area contributed by atoms with Crippen LogP contribution < -0.4 is 20.7 Å². The van der Waals surface area contributed by atoms with Crippen LogP contribution in [-0.2, 0) is 0 Å². The Kier molecular flexibility index (Phi) is 5.95. The Bertz CT molecular complexity index is 345. The first-order chi connectivity index (χ1) is 8.63. The van der Waals surface area contributed by atoms with Crippen molar-refractivity contribution in [1.82, 2.24) is 5.43 Å². The zero-order valence-corrected chi connectivity index (χ0v) is 11.7. The summed E-state index contributed by atoms with van der Waals surface area (Å²) in [6.45, 7) is 4.40. The van der Waals surface area contributed by atoms with Crippen molar-refractivity contribution in [3.63, 3.8) is 0 Å². The highest BCUT2D eigenvalue weighted by atomic mass is 16.5. The lowest BCUT2D eigenvalue weighted by molar-refractivity contribution is 0.360. The molecule has 1 atom stereocenters. The average molecular weight is 252 g/mol. The normalized spacial score (nSPS) is 12.6. The van der Waals surface area contributed by atoms with Crippen molar-refractivity contribution >= 4 is 0 Å². The van der Waals surface area contributed by atoms with E-state index in [0.717, 1.165) is 29.9 Å². The topological polar surface area (TPSA) is 56.5 Å². The first-order valence-corrected chi connectivity index (χ1v) is 6.31. The van der Waals surface area contributed by atoms with Gasteiger partial charge in [0.15, 0.2) is 0 Å². The quantitative estimate of drug-likeness (QED) is 0.578. The van der Waals surface area contributed by atoms with E-state index in [4.69, 9.17) is 15.3 Å². The number of rotatable bonds is 7. The van der Waals surface area contributed by atoms with Crippen LogP contribution in [0.5, 0.6) is 11.5 Å². The molecule has 1 aromatic carbocycles. The molecule has 1 unspecified atom stereocenters. The number of nitrogens with one attached hydrogen (secondary N) is 1. The highest BCUT2D eigenvalue weighted by molar-refractivity contribution is 5.46. The van der Waals surface area contributed by atoms with Gasteiger partial charge < -0.3 is 9.47 Å². The van der Waals surface area contributed by atoms with E-state index in [1.165, 1.54) is 0 Å². The van der Waals surface area contributed by atoms with Crippen LogP contribution >= 0.6 is 0 Å². The number of benzene rings is 1. The highest BCUT2D eigenvalue weighted by Gasteiger charge is 2.19. The van der Waals surface area contributed by atoms with Gasteiger partial charge in [-0.1, -0.05) is 19.9 Å². The van der Waals surface area contributed by atoms with Crippen LogP contribution in [0.1, 0.15) is 38.3 Å². The fourth-order valence-corrected chi connectivity index (χ4v) is 2.03. The molecular weight excluding hydrogens is 228 g/mol. The van der Waals surface area contributed by atoms with Gasteiger partial charge in [-0.15, -0.1) is 0 Å². The number of hydrogen-bond acceptors (Lipinski definition) is 4. The molecule has 0 aliphatic carbocycles. The van der Waals surface area contributed by atoms with Gasteiger partial charge in [0.1, 0.15) is 11.5 Å². The summed E-state index contributed by atoms with van der Waals surface area (Å²) >= 11 is 0. The van der Waals surface area contributed by atoms with E-state index in [2.05, 4.69) is 19.3 Å². The number of hydrogen-bond donors (Lipinski definition) is 2. The third-order valence-corrected chi connectivity index (χ3v) is 3.05. The van der Waals surface area contributed by atoms with Crippen molar-refractivity contribution in [2.75, 3.05) is 14.2 Å². The predicted molar refractivity (Wildman–Crippen MR) is 73.7 cm³/mol. The maximum atomic E-state index is 5.68. The van der Waals surface area contributed by atoms with Gasteiger partial charge in [0.2, 0.25) is 0 Å². The molecule has 4 heteroatoms. The Hall–Kier alpha value is -1.26. The van der Waals surface area contributed by atoms with Gasteiger partial charge in [0, 0.05) is 0 Å². The van der Waals surface area contributed by atoms with Gasteiger partial charge in [-0.2, -0.15) is 0 Å². The second-order valence-corrected chi connectivity index (χ2v) is 4.77. The first kappa shape index (κ1) is 14.8. The number of ether oxygens (including phenoxy) is 2. The number of hydrazine groups is 1. The van der Waals surface area contributed by atoms with Crippen LogP contribution in [0, 0.1) is 5.92 Å². The molecule has 0 aromatic heterocycles. The Balaban J connectivity index is 3.02. The lowest BCUT2D eigenvalue weighted by Gasteiger charge is -2.22. The van der Waals surface area contributed by atoms with Crippen LogP contribution in [-0.4, -0.2) is 14.2 Å². The van der Waals surface area contributed by atoms with Gasteiger partial charge in [0.25, 0.3) is 0 Å². The summed E-state index contributed by atoms with van der Waals surface area (Å²) in [7, 11) is 3.32. The summed E-state index contributed by atoms with van der Waals surface area (Å²) in [5.41, 5.74) is 3.85. The van der Waals surface area contributed by atoms with E-state index < -0.39 is 0 Å². The SMILES string of the molecule is COc1cccc(OC)c1C(CCC(C)C)NN. The Labute approximate surface area is 109 Å². The Morgan fingerprint density at radius 2 is 1.67 bits per heavy atom.